The highest BCUT2D eigenvalue weighted by molar-refractivity contribution is 7.15. The van der Waals surface area contributed by atoms with Crippen LogP contribution in [0.25, 0.3) is 0 Å². The van der Waals surface area contributed by atoms with Crippen LogP contribution in [0, 0.1) is 0 Å². The van der Waals surface area contributed by atoms with Gasteiger partial charge in [-0.25, -0.2) is 4.79 Å². The molecule has 1 fully saturated rings. The molecule has 0 radical (unpaired) electrons. The van der Waals surface area contributed by atoms with Crippen LogP contribution in [0.1, 0.15) is 22.6 Å². The fraction of sp³-hybridized carbons (Fsp3) is 0.227. The van der Waals surface area contributed by atoms with E-state index in [1.165, 1.54) is 11.3 Å². The molecule has 5 rings (SSSR count). The van der Waals surface area contributed by atoms with Crippen LogP contribution in [0.15, 0.2) is 54.6 Å². The number of carbonyl (C=O) groups is 3. The number of amides is 4. The SMILES string of the molecule is O=C(CN1C(=O)NC2(CCOc3ccccc32)C1=O)Nc1nnc(Cc2ccccc2)s1. The predicted molar refractivity (Wildman–Crippen MR) is 116 cm³/mol. The number of rotatable bonds is 5. The van der Waals surface area contributed by atoms with E-state index in [4.69, 9.17) is 4.74 Å². The van der Waals surface area contributed by atoms with Crippen molar-refractivity contribution in [3.8, 4) is 5.75 Å². The first-order chi connectivity index (χ1) is 15.5. The number of hydrogen-bond donors (Lipinski definition) is 2. The second kappa shape index (κ2) is 8.04. The smallest absolute Gasteiger partial charge is 0.325 e. The summed E-state index contributed by atoms with van der Waals surface area (Å²) in [5.74, 6) is -0.428. The number of fused-ring (bicyclic) bond motifs is 2. The molecule has 9 nitrogen and oxygen atoms in total. The molecule has 2 aromatic carbocycles. The molecule has 1 aromatic heterocycles. The molecule has 3 aromatic rings. The molecular weight excluding hydrogens is 430 g/mol. The van der Waals surface area contributed by atoms with Crippen LogP contribution in [-0.2, 0) is 21.5 Å². The summed E-state index contributed by atoms with van der Waals surface area (Å²) in [5.41, 5.74) is 0.475. The van der Waals surface area contributed by atoms with Crippen molar-refractivity contribution < 1.29 is 19.1 Å². The molecule has 1 unspecified atom stereocenters. The lowest BCUT2D eigenvalue weighted by molar-refractivity contribution is -0.135. The van der Waals surface area contributed by atoms with Gasteiger partial charge in [-0.05, 0) is 11.6 Å². The normalized spacial score (nSPS) is 19.4. The van der Waals surface area contributed by atoms with Gasteiger partial charge in [0, 0.05) is 18.4 Å². The molecule has 0 saturated carbocycles. The summed E-state index contributed by atoms with van der Waals surface area (Å²) in [6.45, 7) is -0.124. The lowest BCUT2D eigenvalue weighted by atomic mass is 9.84. The maximum absolute atomic E-state index is 13.2. The Morgan fingerprint density at radius 2 is 1.91 bits per heavy atom. The van der Waals surface area contributed by atoms with Crippen molar-refractivity contribution in [3.05, 3.63) is 70.7 Å². The number of ether oxygens (including phenoxy) is 1. The van der Waals surface area contributed by atoms with Gasteiger partial charge in [0.05, 0.1) is 6.61 Å². The molecule has 2 aliphatic heterocycles. The van der Waals surface area contributed by atoms with Gasteiger partial charge >= 0.3 is 6.03 Å². The number of urea groups is 1. The van der Waals surface area contributed by atoms with Gasteiger partial charge in [-0.1, -0.05) is 59.9 Å². The van der Waals surface area contributed by atoms with E-state index < -0.39 is 29.9 Å². The highest BCUT2D eigenvalue weighted by atomic mass is 32.1. The van der Waals surface area contributed by atoms with Crippen LogP contribution in [-0.4, -0.2) is 46.1 Å². The lowest BCUT2D eigenvalue weighted by Gasteiger charge is -2.33. The molecule has 1 saturated heterocycles. The van der Waals surface area contributed by atoms with Gasteiger partial charge in [0.1, 0.15) is 17.3 Å². The monoisotopic (exact) mass is 449 g/mol. The van der Waals surface area contributed by atoms with Crippen LogP contribution in [0.2, 0.25) is 0 Å². The van der Waals surface area contributed by atoms with Gasteiger partial charge in [0.15, 0.2) is 5.54 Å². The third-order valence-electron chi connectivity index (χ3n) is 5.47. The number of benzene rings is 2. The number of imide groups is 1. The van der Waals surface area contributed by atoms with Crippen molar-refractivity contribution in [2.75, 3.05) is 18.5 Å². The average Bonchev–Trinajstić information content (AvgIpc) is 3.32. The number of para-hydroxylation sites is 1. The zero-order valence-corrected chi connectivity index (χ0v) is 17.7. The minimum atomic E-state index is -1.21. The molecule has 162 valence electrons. The summed E-state index contributed by atoms with van der Waals surface area (Å²) in [5, 5.41) is 14.6. The fourth-order valence-electron chi connectivity index (χ4n) is 3.96. The minimum Gasteiger partial charge on any atom is -0.493 e. The number of aromatic nitrogens is 2. The topological polar surface area (TPSA) is 114 Å². The molecule has 0 aliphatic carbocycles. The summed E-state index contributed by atoms with van der Waals surface area (Å²) in [4.78, 5) is 39.4. The third kappa shape index (κ3) is 3.58. The van der Waals surface area contributed by atoms with E-state index in [1.807, 2.05) is 30.3 Å². The zero-order chi connectivity index (χ0) is 22.1. The summed E-state index contributed by atoms with van der Waals surface area (Å²) < 4.78 is 5.62. The molecule has 3 heterocycles. The Kier molecular flexibility index (Phi) is 5.06. The fourth-order valence-corrected chi connectivity index (χ4v) is 4.75. The van der Waals surface area contributed by atoms with Crippen molar-refractivity contribution >= 4 is 34.3 Å². The third-order valence-corrected chi connectivity index (χ3v) is 6.31. The molecule has 4 amide bonds. The van der Waals surface area contributed by atoms with E-state index in [0.717, 1.165) is 15.5 Å². The van der Waals surface area contributed by atoms with E-state index in [0.29, 0.717) is 29.3 Å². The summed E-state index contributed by atoms with van der Waals surface area (Å²) in [7, 11) is 0. The van der Waals surface area contributed by atoms with E-state index in [-0.39, 0.29) is 6.61 Å². The lowest BCUT2D eigenvalue weighted by Crippen LogP contribution is -2.48. The number of nitrogens with one attached hydrogen (secondary N) is 2. The first kappa shape index (κ1) is 20.1. The van der Waals surface area contributed by atoms with E-state index in [1.54, 1.807) is 24.3 Å². The van der Waals surface area contributed by atoms with Gasteiger partial charge in [0.25, 0.3) is 5.91 Å². The maximum atomic E-state index is 13.2. The van der Waals surface area contributed by atoms with Gasteiger partial charge < -0.3 is 10.1 Å². The molecule has 2 N–H and O–H groups in total. The standard InChI is InChI=1S/C22H19N5O4S/c28-17(23-20-26-25-18(32-20)12-14-6-2-1-3-7-14)13-27-19(29)22(24-21(27)30)10-11-31-16-9-5-4-8-15(16)22/h1-9H,10-13H2,(H,24,30)(H,23,26,28). The van der Waals surface area contributed by atoms with E-state index in [9.17, 15) is 14.4 Å². The number of anilines is 1. The molecular formula is C22H19N5O4S. The molecule has 1 atom stereocenters. The Hall–Kier alpha value is -3.79. The molecule has 0 bridgehead atoms. The maximum Gasteiger partial charge on any atom is 0.325 e. The number of hydrogen-bond acceptors (Lipinski definition) is 7. The molecule has 32 heavy (non-hydrogen) atoms. The average molecular weight is 449 g/mol. The van der Waals surface area contributed by atoms with Crippen LogP contribution in [0.3, 0.4) is 0 Å². The molecule has 2 aliphatic rings. The zero-order valence-electron chi connectivity index (χ0n) is 16.9. The Morgan fingerprint density at radius 1 is 1.12 bits per heavy atom. The van der Waals surface area contributed by atoms with Crippen molar-refractivity contribution in [2.45, 2.75) is 18.4 Å². The van der Waals surface area contributed by atoms with Gasteiger partial charge in [-0.2, -0.15) is 0 Å². The minimum absolute atomic E-state index is 0.290. The number of carbonyl (C=O) groups excluding carboxylic acids is 3. The second-order valence-electron chi connectivity index (χ2n) is 7.53. The first-order valence-corrected chi connectivity index (χ1v) is 10.9. The summed E-state index contributed by atoms with van der Waals surface area (Å²) in [6, 6.07) is 16.3. The Balaban J connectivity index is 1.27. The Labute approximate surface area is 187 Å². The number of nitrogens with zero attached hydrogens (tertiary/aromatic N) is 3. The predicted octanol–water partition coefficient (Wildman–Crippen LogP) is 2.30. The summed E-state index contributed by atoms with van der Waals surface area (Å²) in [6.07, 6.45) is 0.900. The van der Waals surface area contributed by atoms with Gasteiger partial charge in [-0.3, -0.25) is 19.8 Å². The van der Waals surface area contributed by atoms with Crippen molar-refractivity contribution in [1.82, 2.24) is 20.4 Å². The highest BCUT2D eigenvalue weighted by Gasteiger charge is 2.55. The van der Waals surface area contributed by atoms with Crippen LogP contribution >= 0.6 is 11.3 Å². The van der Waals surface area contributed by atoms with Gasteiger partial charge in [0.2, 0.25) is 11.0 Å². The van der Waals surface area contributed by atoms with E-state index in [2.05, 4.69) is 20.8 Å². The quantitative estimate of drug-likeness (QED) is 0.578. The van der Waals surface area contributed by atoms with Crippen molar-refractivity contribution in [1.29, 1.82) is 0 Å². The first-order valence-electron chi connectivity index (χ1n) is 10.1. The van der Waals surface area contributed by atoms with Crippen LogP contribution < -0.4 is 15.4 Å². The molecule has 10 heteroatoms. The van der Waals surface area contributed by atoms with Crippen LogP contribution in [0.5, 0.6) is 5.75 Å². The van der Waals surface area contributed by atoms with Crippen molar-refractivity contribution in [3.63, 3.8) is 0 Å². The Morgan fingerprint density at radius 3 is 2.75 bits per heavy atom. The van der Waals surface area contributed by atoms with E-state index >= 15 is 0 Å². The van der Waals surface area contributed by atoms with Gasteiger partial charge in [-0.15, -0.1) is 10.2 Å². The van der Waals surface area contributed by atoms with Crippen LogP contribution in [0.4, 0.5) is 9.93 Å². The van der Waals surface area contributed by atoms with Crippen molar-refractivity contribution in [2.24, 2.45) is 0 Å². The molecule has 1 spiro atoms. The Bertz CT molecular complexity index is 1200. The second-order valence-corrected chi connectivity index (χ2v) is 8.59. The summed E-state index contributed by atoms with van der Waals surface area (Å²) >= 11 is 1.25. The largest absolute Gasteiger partial charge is 0.493 e. The highest BCUT2D eigenvalue weighted by Crippen LogP contribution is 2.40.